The van der Waals surface area contributed by atoms with E-state index < -0.39 is 0 Å². The number of benzene rings is 1. The Morgan fingerprint density at radius 3 is 2.75 bits per heavy atom. The zero-order valence-corrected chi connectivity index (χ0v) is 10.1. The SMILES string of the molecule is CC1(CNc2ccc(C#N)c(Cl)c2)CCC1. The summed E-state index contributed by atoms with van der Waals surface area (Å²) in [7, 11) is 0. The third-order valence-electron chi connectivity index (χ3n) is 3.37. The molecule has 1 N–H and O–H groups in total. The Balaban J connectivity index is 2.00. The molecular formula is C13H15ClN2. The van der Waals surface area contributed by atoms with Gasteiger partial charge < -0.3 is 5.32 Å². The van der Waals surface area contributed by atoms with Gasteiger partial charge in [-0.25, -0.2) is 0 Å². The maximum Gasteiger partial charge on any atom is 0.101 e. The number of nitrogens with one attached hydrogen (secondary N) is 1. The molecule has 0 bridgehead atoms. The minimum absolute atomic E-state index is 0.445. The van der Waals surface area contributed by atoms with E-state index in [1.165, 1.54) is 19.3 Å². The van der Waals surface area contributed by atoms with Crippen LogP contribution in [0.4, 0.5) is 5.69 Å². The van der Waals surface area contributed by atoms with Crippen molar-refractivity contribution >= 4 is 17.3 Å². The molecule has 1 aromatic carbocycles. The van der Waals surface area contributed by atoms with Crippen LogP contribution in [-0.4, -0.2) is 6.54 Å². The molecule has 2 nitrogen and oxygen atoms in total. The van der Waals surface area contributed by atoms with Crippen molar-refractivity contribution in [2.24, 2.45) is 5.41 Å². The first-order valence-corrected chi connectivity index (χ1v) is 5.94. The van der Waals surface area contributed by atoms with Crippen LogP contribution in [0.15, 0.2) is 18.2 Å². The number of nitriles is 1. The lowest BCUT2D eigenvalue weighted by molar-refractivity contribution is 0.180. The Morgan fingerprint density at radius 2 is 2.25 bits per heavy atom. The highest BCUT2D eigenvalue weighted by atomic mass is 35.5. The molecule has 0 spiro atoms. The lowest BCUT2D eigenvalue weighted by atomic mass is 9.70. The lowest BCUT2D eigenvalue weighted by Gasteiger charge is -2.38. The van der Waals surface area contributed by atoms with Gasteiger partial charge in [-0.2, -0.15) is 5.26 Å². The van der Waals surface area contributed by atoms with E-state index in [1.807, 2.05) is 12.1 Å². The molecule has 3 heteroatoms. The highest BCUT2D eigenvalue weighted by molar-refractivity contribution is 6.32. The average molecular weight is 235 g/mol. The Labute approximate surface area is 101 Å². The minimum atomic E-state index is 0.445. The zero-order valence-electron chi connectivity index (χ0n) is 9.39. The standard InChI is InChI=1S/C13H15ClN2/c1-13(5-2-6-13)9-16-11-4-3-10(8-15)12(14)7-11/h3-4,7,16H,2,5-6,9H2,1H3. The molecule has 1 aromatic rings. The van der Waals surface area contributed by atoms with Gasteiger partial charge in [-0.1, -0.05) is 24.9 Å². The molecule has 0 radical (unpaired) electrons. The van der Waals surface area contributed by atoms with Gasteiger partial charge in [-0.15, -0.1) is 0 Å². The van der Waals surface area contributed by atoms with Crippen LogP contribution in [-0.2, 0) is 0 Å². The summed E-state index contributed by atoms with van der Waals surface area (Å²) in [4.78, 5) is 0. The van der Waals surface area contributed by atoms with Gasteiger partial charge in [-0.05, 0) is 36.5 Å². The topological polar surface area (TPSA) is 35.8 Å². The van der Waals surface area contributed by atoms with E-state index >= 15 is 0 Å². The molecule has 0 amide bonds. The smallest absolute Gasteiger partial charge is 0.101 e. The number of hydrogen-bond acceptors (Lipinski definition) is 2. The van der Waals surface area contributed by atoms with Crippen molar-refractivity contribution in [2.45, 2.75) is 26.2 Å². The van der Waals surface area contributed by atoms with Crippen molar-refractivity contribution in [3.8, 4) is 6.07 Å². The first-order valence-electron chi connectivity index (χ1n) is 5.56. The molecule has 1 aliphatic rings. The molecule has 1 aliphatic carbocycles. The number of anilines is 1. The van der Waals surface area contributed by atoms with Crippen LogP contribution >= 0.6 is 11.6 Å². The second-order valence-electron chi connectivity index (χ2n) is 4.82. The summed E-state index contributed by atoms with van der Waals surface area (Å²) < 4.78 is 0. The molecule has 0 heterocycles. The second kappa shape index (κ2) is 4.35. The normalized spacial score (nSPS) is 17.3. The summed E-state index contributed by atoms with van der Waals surface area (Å²) in [6, 6.07) is 7.55. The lowest BCUT2D eigenvalue weighted by Crippen LogP contribution is -2.33. The van der Waals surface area contributed by atoms with Crippen LogP contribution < -0.4 is 5.32 Å². The minimum Gasteiger partial charge on any atom is -0.384 e. The van der Waals surface area contributed by atoms with Crippen molar-refractivity contribution in [3.63, 3.8) is 0 Å². The molecule has 16 heavy (non-hydrogen) atoms. The molecule has 2 rings (SSSR count). The van der Waals surface area contributed by atoms with Crippen molar-refractivity contribution in [1.29, 1.82) is 5.26 Å². The van der Waals surface area contributed by atoms with Crippen LogP contribution in [0.1, 0.15) is 31.7 Å². The molecule has 0 saturated heterocycles. The summed E-state index contributed by atoms with van der Waals surface area (Å²) in [5.41, 5.74) is 1.97. The van der Waals surface area contributed by atoms with E-state index in [9.17, 15) is 0 Å². The average Bonchev–Trinajstić information content (AvgIpc) is 2.24. The first kappa shape index (κ1) is 11.3. The Kier molecular flexibility index (Phi) is 3.07. The molecule has 0 unspecified atom stereocenters. The van der Waals surface area contributed by atoms with E-state index in [2.05, 4.69) is 18.3 Å². The van der Waals surface area contributed by atoms with Crippen LogP contribution in [0.2, 0.25) is 5.02 Å². The Hall–Kier alpha value is -1.20. The predicted molar refractivity (Wildman–Crippen MR) is 66.6 cm³/mol. The molecular weight excluding hydrogens is 220 g/mol. The molecule has 0 aromatic heterocycles. The first-order chi connectivity index (χ1) is 7.63. The number of hydrogen-bond donors (Lipinski definition) is 1. The van der Waals surface area contributed by atoms with Gasteiger partial charge in [0.15, 0.2) is 0 Å². The highest BCUT2D eigenvalue weighted by Crippen LogP contribution is 2.40. The highest BCUT2D eigenvalue weighted by Gasteiger charge is 2.31. The van der Waals surface area contributed by atoms with Gasteiger partial charge in [-0.3, -0.25) is 0 Å². The van der Waals surface area contributed by atoms with Gasteiger partial charge in [0.05, 0.1) is 10.6 Å². The molecule has 84 valence electrons. The van der Waals surface area contributed by atoms with Gasteiger partial charge in [0.1, 0.15) is 6.07 Å². The number of rotatable bonds is 3. The van der Waals surface area contributed by atoms with Crippen molar-refractivity contribution in [2.75, 3.05) is 11.9 Å². The van der Waals surface area contributed by atoms with E-state index in [4.69, 9.17) is 16.9 Å². The van der Waals surface area contributed by atoms with Crippen LogP contribution in [0.25, 0.3) is 0 Å². The van der Waals surface area contributed by atoms with E-state index in [-0.39, 0.29) is 0 Å². The molecule has 0 aliphatic heterocycles. The largest absolute Gasteiger partial charge is 0.384 e. The summed E-state index contributed by atoms with van der Waals surface area (Å²) >= 11 is 5.96. The van der Waals surface area contributed by atoms with Crippen molar-refractivity contribution < 1.29 is 0 Å². The maximum atomic E-state index is 8.76. The summed E-state index contributed by atoms with van der Waals surface area (Å²) in [6.07, 6.45) is 3.93. The summed E-state index contributed by atoms with van der Waals surface area (Å²) in [5.74, 6) is 0. The van der Waals surface area contributed by atoms with Gasteiger partial charge in [0.25, 0.3) is 0 Å². The van der Waals surface area contributed by atoms with Gasteiger partial charge in [0.2, 0.25) is 0 Å². The summed E-state index contributed by atoms with van der Waals surface area (Å²) in [6.45, 7) is 3.28. The quantitative estimate of drug-likeness (QED) is 0.863. The Morgan fingerprint density at radius 1 is 1.50 bits per heavy atom. The van der Waals surface area contributed by atoms with Gasteiger partial charge >= 0.3 is 0 Å². The number of nitrogens with zero attached hydrogens (tertiary/aromatic N) is 1. The fraction of sp³-hybridized carbons (Fsp3) is 0.462. The molecule has 0 atom stereocenters. The van der Waals surface area contributed by atoms with Crippen molar-refractivity contribution in [3.05, 3.63) is 28.8 Å². The van der Waals surface area contributed by atoms with Gasteiger partial charge in [0, 0.05) is 12.2 Å². The third kappa shape index (κ3) is 2.31. The monoisotopic (exact) mass is 234 g/mol. The van der Waals surface area contributed by atoms with E-state index in [0.717, 1.165) is 12.2 Å². The number of halogens is 1. The summed E-state index contributed by atoms with van der Waals surface area (Å²) in [5, 5.41) is 12.7. The fourth-order valence-corrected chi connectivity index (χ4v) is 2.21. The fourth-order valence-electron chi connectivity index (χ4n) is 1.99. The molecule has 1 fully saturated rings. The second-order valence-corrected chi connectivity index (χ2v) is 5.23. The maximum absolute atomic E-state index is 8.76. The van der Waals surface area contributed by atoms with Crippen LogP contribution in [0.3, 0.4) is 0 Å². The van der Waals surface area contributed by atoms with Crippen LogP contribution in [0.5, 0.6) is 0 Å². The Bertz CT molecular complexity index is 430. The predicted octanol–water partition coefficient (Wildman–Crippen LogP) is 3.81. The van der Waals surface area contributed by atoms with Crippen LogP contribution in [0, 0.1) is 16.7 Å². The third-order valence-corrected chi connectivity index (χ3v) is 3.68. The van der Waals surface area contributed by atoms with E-state index in [1.54, 1.807) is 6.07 Å². The van der Waals surface area contributed by atoms with Crippen molar-refractivity contribution in [1.82, 2.24) is 0 Å². The zero-order chi connectivity index (χ0) is 11.6. The van der Waals surface area contributed by atoms with E-state index in [0.29, 0.717) is 16.0 Å². The molecule has 1 saturated carbocycles.